The van der Waals surface area contributed by atoms with Gasteiger partial charge in [-0.3, -0.25) is 0 Å². The molecule has 21 heavy (non-hydrogen) atoms. The minimum absolute atomic E-state index is 0.809. The number of aliphatic imine (C=N–C) groups is 2. The Morgan fingerprint density at radius 3 is 1.62 bits per heavy atom. The molecule has 0 saturated heterocycles. The average molecular weight is 328 g/mol. The topological polar surface area (TPSA) is 24.7 Å². The highest BCUT2D eigenvalue weighted by molar-refractivity contribution is 7.99. The van der Waals surface area contributed by atoms with E-state index in [0.717, 1.165) is 21.2 Å². The summed E-state index contributed by atoms with van der Waals surface area (Å²) in [7, 11) is 0. The molecule has 0 saturated carbocycles. The van der Waals surface area contributed by atoms with Crippen LogP contribution in [0.4, 0.5) is 11.4 Å². The summed E-state index contributed by atoms with van der Waals surface area (Å²) in [4.78, 5) is 10.3. The molecule has 0 spiro atoms. The monoisotopic (exact) mass is 328 g/mol. The van der Waals surface area contributed by atoms with Crippen molar-refractivity contribution in [2.45, 2.75) is 23.6 Å². The molecule has 104 valence electrons. The lowest BCUT2D eigenvalue weighted by Crippen LogP contribution is -1.83. The lowest BCUT2D eigenvalue weighted by Gasteiger charge is -2.09. The van der Waals surface area contributed by atoms with Gasteiger partial charge in [0.1, 0.15) is 0 Å². The van der Waals surface area contributed by atoms with Gasteiger partial charge in [0, 0.05) is 9.79 Å². The smallest absolute Gasteiger partial charge is 0.0751 e. The summed E-state index contributed by atoms with van der Waals surface area (Å²) in [5, 5.41) is 4.79. The van der Waals surface area contributed by atoms with Gasteiger partial charge in [-0.1, -0.05) is 23.9 Å². The molecular formula is C16H12N2S3. The predicted molar refractivity (Wildman–Crippen MR) is 95.9 cm³/mol. The summed E-state index contributed by atoms with van der Waals surface area (Å²) in [6, 6.07) is 11.9. The maximum absolute atomic E-state index is 4.65. The van der Waals surface area contributed by atoms with Crippen LogP contribution in [0.3, 0.4) is 0 Å². The van der Waals surface area contributed by atoms with Crippen molar-refractivity contribution in [2.24, 2.45) is 9.98 Å². The zero-order chi connectivity index (χ0) is 15.2. The van der Waals surface area contributed by atoms with Crippen LogP contribution in [0.15, 0.2) is 56.2 Å². The van der Waals surface area contributed by atoms with Crippen molar-refractivity contribution in [3.05, 3.63) is 47.5 Å². The fourth-order valence-corrected chi connectivity index (χ4v) is 3.03. The molecule has 0 aliphatic heterocycles. The van der Waals surface area contributed by atoms with Gasteiger partial charge in [0.25, 0.3) is 0 Å². The zero-order valence-corrected chi connectivity index (χ0v) is 14.0. The molecule has 0 aromatic heterocycles. The highest BCUT2D eigenvalue weighted by Crippen LogP contribution is 2.36. The Bertz CT molecular complexity index is 706. The van der Waals surface area contributed by atoms with Crippen molar-refractivity contribution < 1.29 is 0 Å². The third-order valence-electron chi connectivity index (χ3n) is 2.91. The Kier molecular flexibility index (Phi) is 5.57. The number of thiocarbonyl (C=S) groups is 2. The fourth-order valence-electron chi connectivity index (χ4n) is 1.76. The summed E-state index contributed by atoms with van der Waals surface area (Å²) in [5.74, 6) is 0. The van der Waals surface area contributed by atoms with Crippen molar-refractivity contribution in [1.82, 2.24) is 0 Å². The second kappa shape index (κ2) is 7.41. The molecule has 2 rings (SSSR count). The van der Waals surface area contributed by atoms with Gasteiger partial charge in [-0.15, -0.1) is 0 Å². The van der Waals surface area contributed by atoms with E-state index < -0.39 is 0 Å². The molecule has 0 N–H and O–H groups in total. The maximum atomic E-state index is 4.65. The molecule has 0 radical (unpaired) electrons. The Morgan fingerprint density at radius 1 is 0.810 bits per heavy atom. The van der Waals surface area contributed by atoms with Gasteiger partial charge in [0.15, 0.2) is 0 Å². The number of isothiocyanates is 2. The van der Waals surface area contributed by atoms with Crippen molar-refractivity contribution in [3.8, 4) is 0 Å². The van der Waals surface area contributed by atoms with Gasteiger partial charge in [-0.05, 0) is 73.7 Å². The van der Waals surface area contributed by atoms with E-state index in [0.29, 0.717) is 0 Å². The second-order valence-corrected chi connectivity index (χ2v) is 5.86. The minimum atomic E-state index is 0.809. The second-order valence-electron chi connectivity index (χ2n) is 4.41. The van der Waals surface area contributed by atoms with Crippen LogP contribution in [0.1, 0.15) is 11.1 Å². The van der Waals surface area contributed by atoms with Gasteiger partial charge in [0.05, 0.1) is 21.7 Å². The molecule has 0 heterocycles. The van der Waals surface area contributed by atoms with Crippen LogP contribution in [0.5, 0.6) is 0 Å². The van der Waals surface area contributed by atoms with Crippen molar-refractivity contribution in [1.29, 1.82) is 0 Å². The fraction of sp³-hybridized carbons (Fsp3) is 0.125. The summed E-state index contributed by atoms with van der Waals surface area (Å²) in [6.45, 7) is 4.14. The SMILES string of the molecule is Cc1ccc(N=C=S)cc1Sc1cc(N=C=S)ccc1C. The molecule has 5 heteroatoms. The van der Waals surface area contributed by atoms with E-state index in [1.54, 1.807) is 11.8 Å². The molecule has 0 atom stereocenters. The van der Waals surface area contributed by atoms with Crippen LogP contribution in [0.2, 0.25) is 0 Å². The van der Waals surface area contributed by atoms with E-state index in [9.17, 15) is 0 Å². The number of nitrogens with zero attached hydrogens (tertiary/aromatic N) is 2. The molecule has 2 aromatic rings. The quantitative estimate of drug-likeness (QED) is 0.514. The highest BCUT2D eigenvalue weighted by atomic mass is 32.2. The summed E-state index contributed by atoms with van der Waals surface area (Å²) < 4.78 is 0. The van der Waals surface area contributed by atoms with Gasteiger partial charge < -0.3 is 0 Å². The van der Waals surface area contributed by atoms with Crippen molar-refractivity contribution in [2.75, 3.05) is 0 Å². The summed E-state index contributed by atoms with van der Waals surface area (Å²) in [5.41, 5.74) is 3.99. The minimum Gasteiger partial charge on any atom is -0.195 e. The third-order valence-corrected chi connectivity index (χ3v) is 4.41. The molecular weight excluding hydrogens is 316 g/mol. The Balaban J connectivity index is 2.41. The van der Waals surface area contributed by atoms with Crippen LogP contribution >= 0.6 is 36.2 Å². The molecule has 2 aromatic carbocycles. The number of rotatable bonds is 4. The lowest BCUT2D eigenvalue weighted by atomic mass is 10.2. The van der Waals surface area contributed by atoms with Crippen molar-refractivity contribution in [3.63, 3.8) is 0 Å². The van der Waals surface area contributed by atoms with E-state index >= 15 is 0 Å². The first kappa shape index (κ1) is 15.8. The number of aryl methyl sites for hydroxylation is 2. The Hall–Kier alpha value is -1.61. The Morgan fingerprint density at radius 2 is 1.24 bits per heavy atom. The highest BCUT2D eigenvalue weighted by Gasteiger charge is 2.06. The lowest BCUT2D eigenvalue weighted by molar-refractivity contribution is 1.25. The molecule has 0 fully saturated rings. The average Bonchev–Trinajstić information content (AvgIpc) is 2.46. The number of benzene rings is 2. The molecule has 0 bridgehead atoms. The first-order valence-electron chi connectivity index (χ1n) is 6.19. The normalized spacial score (nSPS) is 9.62. The number of hydrogen-bond donors (Lipinski definition) is 0. The maximum Gasteiger partial charge on any atom is 0.0751 e. The van der Waals surface area contributed by atoms with Crippen LogP contribution in [0.25, 0.3) is 0 Å². The molecule has 0 unspecified atom stereocenters. The van der Waals surface area contributed by atoms with E-state index in [4.69, 9.17) is 0 Å². The van der Waals surface area contributed by atoms with Crippen LogP contribution in [-0.2, 0) is 0 Å². The van der Waals surface area contributed by atoms with E-state index in [1.807, 2.05) is 36.4 Å². The molecule has 2 nitrogen and oxygen atoms in total. The third kappa shape index (κ3) is 4.18. The van der Waals surface area contributed by atoms with Gasteiger partial charge in [0.2, 0.25) is 0 Å². The van der Waals surface area contributed by atoms with Gasteiger partial charge >= 0.3 is 0 Å². The predicted octanol–water partition coefficient (Wildman–Crippen LogP) is 5.92. The Labute approximate surface area is 139 Å². The summed E-state index contributed by atoms with van der Waals surface area (Å²) >= 11 is 11.0. The summed E-state index contributed by atoms with van der Waals surface area (Å²) in [6.07, 6.45) is 0. The number of hydrogen-bond acceptors (Lipinski definition) is 5. The standard InChI is InChI=1S/C16H12N2S3/c1-11-3-5-13(17-9-19)7-15(11)21-16-8-14(18-10-20)6-4-12(16)2/h3-8H,1-2H3. The van der Waals surface area contributed by atoms with E-state index in [-0.39, 0.29) is 0 Å². The van der Waals surface area contributed by atoms with Crippen LogP contribution in [-0.4, -0.2) is 10.3 Å². The van der Waals surface area contributed by atoms with Crippen molar-refractivity contribution >= 4 is 57.9 Å². The largest absolute Gasteiger partial charge is 0.195 e. The zero-order valence-electron chi connectivity index (χ0n) is 11.6. The molecule has 0 aliphatic rings. The van der Waals surface area contributed by atoms with Gasteiger partial charge in [-0.2, -0.15) is 9.98 Å². The molecule has 0 aliphatic carbocycles. The first-order valence-corrected chi connectivity index (χ1v) is 7.82. The van der Waals surface area contributed by atoms with E-state index in [2.05, 4.69) is 58.6 Å². The first-order chi connectivity index (χ1) is 10.1. The van der Waals surface area contributed by atoms with Crippen LogP contribution in [0, 0.1) is 13.8 Å². The van der Waals surface area contributed by atoms with Crippen LogP contribution < -0.4 is 0 Å². The molecule has 0 amide bonds. The van der Waals surface area contributed by atoms with E-state index in [1.165, 1.54) is 11.1 Å². The van der Waals surface area contributed by atoms with Gasteiger partial charge in [-0.25, -0.2) is 0 Å².